The number of nitriles is 1. The fourth-order valence-electron chi connectivity index (χ4n) is 1.90. The van der Waals surface area contributed by atoms with Crippen LogP contribution in [0.5, 0.6) is 11.5 Å². The van der Waals surface area contributed by atoms with Gasteiger partial charge in [0.1, 0.15) is 0 Å². The van der Waals surface area contributed by atoms with Crippen molar-refractivity contribution in [1.29, 1.82) is 5.26 Å². The molecule has 0 saturated heterocycles. The fraction of sp³-hybridized carbons (Fsp3) is 0.176. The number of carbonyl (C=O) groups excluding carboxylic acids is 1. The molecule has 2 aromatic rings. The minimum atomic E-state index is -1.06. The summed E-state index contributed by atoms with van der Waals surface area (Å²) in [5.74, 6) is -2.02. The van der Waals surface area contributed by atoms with Crippen LogP contribution in [-0.4, -0.2) is 19.1 Å². The van der Waals surface area contributed by atoms with Crippen molar-refractivity contribution in [3.8, 4) is 17.6 Å². The number of nitrogens with one attached hydrogen (secondary N) is 1. The zero-order valence-corrected chi connectivity index (χ0v) is 13.0. The average molecular weight is 332 g/mol. The summed E-state index contributed by atoms with van der Waals surface area (Å²) in [4.78, 5) is 12.1. The molecule has 24 heavy (non-hydrogen) atoms. The van der Waals surface area contributed by atoms with Crippen LogP contribution in [0.3, 0.4) is 0 Å². The summed E-state index contributed by atoms with van der Waals surface area (Å²) < 4.78 is 36.7. The second-order valence-corrected chi connectivity index (χ2v) is 4.86. The first-order chi connectivity index (χ1) is 11.4. The Bertz CT molecular complexity index is 803. The van der Waals surface area contributed by atoms with Gasteiger partial charge in [0.05, 0.1) is 18.7 Å². The van der Waals surface area contributed by atoms with Gasteiger partial charge in [0.2, 0.25) is 0 Å². The molecule has 0 saturated carbocycles. The van der Waals surface area contributed by atoms with Crippen molar-refractivity contribution < 1.29 is 23.0 Å². The average Bonchev–Trinajstić information content (AvgIpc) is 2.58. The van der Waals surface area contributed by atoms with E-state index in [4.69, 9.17) is 14.7 Å². The number of amides is 1. The molecule has 0 aliphatic carbocycles. The Morgan fingerprint density at radius 3 is 2.54 bits per heavy atom. The molecule has 0 spiro atoms. The van der Waals surface area contributed by atoms with Gasteiger partial charge in [-0.2, -0.15) is 5.26 Å². The molecule has 1 atom stereocenters. The standard InChI is InChI=1S/C17H14F2N2O3/c1-10(17(22)21-12-4-5-13(18)14(19)8-12)24-15-6-3-11(9-20)7-16(15)23-2/h3-8,10H,1-2H3,(H,21,22)/t10-/m1/s1. The third-order valence-corrected chi connectivity index (χ3v) is 3.15. The first kappa shape index (κ1) is 17.2. The molecule has 124 valence electrons. The van der Waals surface area contributed by atoms with E-state index in [2.05, 4.69) is 5.32 Å². The molecular weight excluding hydrogens is 318 g/mol. The normalized spacial score (nSPS) is 11.3. The smallest absolute Gasteiger partial charge is 0.265 e. The lowest BCUT2D eigenvalue weighted by molar-refractivity contribution is -0.122. The van der Waals surface area contributed by atoms with E-state index in [1.54, 1.807) is 0 Å². The van der Waals surface area contributed by atoms with Crippen LogP contribution in [0.4, 0.5) is 14.5 Å². The topological polar surface area (TPSA) is 71.3 Å². The zero-order chi connectivity index (χ0) is 17.7. The van der Waals surface area contributed by atoms with Gasteiger partial charge in [-0.05, 0) is 31.2 Å². The van der Waals surface area contributed by atoms with Gasteiger partial charge in [-0.15, -0.1) is 0 Å². The first-order valence-corrected chi connectivity index (χ1v) is 6.95. The number of rotatable bonds is 5. The number of halogens is 2. The second kappa shape index (κ2) is 7.42. The molecular formula is C17H14F2N2O3. The van der Waals surface area contributed by atoms with E-state index in [1.807, 2.05) is 6.07 Å². The van der Waals surface area contributed by atoms with Gasteiger partial charge in [-0.25, -0.2) is 8.78 Å². The molecule has 0 bridgehead atoms. The van der Waals surface area contributed by atoms with Gasteiger partial charge < -0.3 is 14.8 Å². The molecule has 0 heterocycles. The molecule has 1 amide bonds. The van der Waals surface area contributed by atoms with Crippen molar-refractivity contribution in [3.63, 3.8) is 0 Å². The molecule has 7 heteroatoms. The number of anilines is 1. The third-order valence-electron chi connectivity index (χ3n) is 3.15. The Labute approximate surface area is 137 Å². The molecule has 0 aliphatic heterocycles. The van der Waals surface area contributed by atoms with Crippen LogP contribution in [0.1, 0.15) is 12.5 Å². The van der Waals surface area contributed by atoms with Gasteiger partial charge >= 0.3 is 0 Å². The summed E-state index contributed by atoms with van der Waals surface area (Å²) in [6.07, 6.45) is -0.931. The van der Waals surface area contributed by atoms with Gasteiger partial charge in [0, 0.05) is 17.8 Å². The molecule has 0 radical (unpaired) electrons. The van der Waals surface area contributed by atoms with Crippen LogP contribution in [-0.2, 0) is 4.79 Å². The van der Waals surface area contributed by atoms with Crippen molar-refractivity contribution in [2.75, 3.05) is 12.4 Å². The molecule has 5 nitrogen and oxygen atoms in total. The number of hydrogen-bond acceptors (Lipinski definition) is 4. The summed E-state index contributed by atoms with van der Waals surface area (Å²) in [7, 11) is 1.41. The predicted molar refractivity (Wildman–Crippen MR) is 82.8 cm³/mol. The fourth-order valence-corrected chi connectivity index (χ4v) is 1.90. The van der Waals surface area contributed by atoms with Crippen LogP contribution in [0.2, 0.25) is 0 Å². The van der Waals surface area contributed by atoms with E-state index in [-0.39, 0.29) is 11.4 Å². The Morgan fingerprint density at radius 1 is 1.17 bits per heavy atom. The van der Waals surface area contributed by atoms with E-state index in [1.165, 1.54) is 38.3 Å². The number of ether oxygens (including phenoxy) is 2. The highest BCUT2D eigenvalue weighted by Crippen LogP contribution is 2.29. The second-order valence-electron chi connectivity index (χ2n) is 4.86. The molecule has 2 aromatic carbocycles. The number of carbonyl (C=O) groups is 1. The number of benzene rings is 2. The Kier molecular flexibility index (Phi) is 5.32. The Balaban J connectivity index is 2.09. The van der Waals surface area contributed by atoms with Crippen LogP contribution >= 0.6 is 0 Å². The highest BCUT2D eigenvalue weighted by molar-refractivity contribution is 5.94. The lowest BCUT2D eigenvalue weighted by atomic mass is 10.2. The quantitative estimate of drug-likeness (QED) is 0.912. The van der Waals surface area contributed by atoms with E-state index < -0.39 is 23.6 Å². The number of methoxy groups -OCH3 is 1. The summed E-state index contributed by atoms with van der Waals surface area (Å²) in [6.45, 7) is 1.49. The summed E-state index contributed by atoms with van der Waals surface area (Å²) in [5, 5.41) is 11.3. The molecule has 0 fully saturated rings. The molecule has 0 unspecified atom stereocenters. The lowest BCUT2D eigenvalue weighted by Crippen LogP contribution is -2.30. The van der Waals surface area contributed by atoms with Crippen molar-refractivity contribution in [2.45, 2.75) is 13.0 Å². The molecule has 0 aliphatic rings. The van der Waals surface area contributed by atoms with E-state index in [0.717, 1.165) is 12.1 Å². The predicted octanol–water partition coefficient (Wildman–Crippen LogP) is 3.25. The molecule has 1 N–H and O–H groups in total. The minimum absolute atomic E-state index is 0.112. The highest BCUT2D eigenvalue weighted by atomic mass is 19.2. The Morgan fingerprint density at radius 2 is 1.92 bits per heavy atom. The maximum Gasteiger partial charge on any atom is 0.265 e. The maximum absolute atomic E-state index is 13.1. The SMILES string of the molecule is COc1cc(C#N)ccc1O[C@H](C)C(=O)Nc1ccc(F)c(F)c1. The highest BCUT2D eigenvalue weighted by Gasteiger charge is 2.18. The van der Waals surface area contributed by atoms with Crippen molar-refractivity contribution in [1.82, 2.24) is 0 Å². The van der Waals surface area contributed by atoms with E-state index in [0.29, 0.717) is 11.3 Å². The number of nitrogens with zero attached hydrogens (tertiary/aromatic N) is 1. The zero-order valence-electron chi connectivity index (χ0n) is 13.0. The van der Waals surface area contributed by atoms with Gasteiger partial charge in [-0.1, -0.05) is 0 Å². The lowest BCUT2D eigenvalue weighted by Gasteiger charge is -2.17. The van der Waals surface area contributed by atoms with Gasteiger partial charge in [0.25, 0.3) is 5.91 Å². The van der Waals surface area contributed by atoms with Crippen molar-refractivity contribution in [3.05, 3.63) is 53.6 Å². The summed E-state index contributed by atoms with van der Waals surface area (Å²) >= 11 is 0. The largest absolute Gasteiger partial charge is 0.493 e. The third kappa shape index (κ3) is 3.98. The van der Waals surface area contributed by atoms with Crippen LogP contribution < -0.4 is 14.8 Å². The van der Waals surface area contributed by atoms with Crippen LogP contribution in [0, 0.1) is 23.0 Å². The van der Waals surface area contributed by atoms with Gasteiger partial charge in [-0.3, -0.25) is 4.79 Å². The van der Waals surface area contributed by atoms with Gasteiger partial charge in [0.15, 0.2) is 29.2 Å². The minimum Gasteiger partial charge on any atom is -0.493 e. The van der Waals surface area contributed by atoms with E-state index in [9.17, 15) is 13.6 Å². The maximum atomic E-state index is 13.1. The Hall–Kier alpha value is -3.14. The van der Waals surface area contributed by atoms with Crippen molar-refractivity contribution >= 4 is 11.6 Å². The van der Waals surface area contributed by atoms with Crippen LogP contribution in [0.25, 0.3) is 0 Å². The monoisotopic (exact) mass is 332 g/mol. The number of hydrogen-bond donors (Lipinski definition) is 1. The van der Waals surface area contributed by atoms with Crippen LogP contribution in [0.15, 0.2) is 36.4 Å². The molecule has 2 rings (SSSR count). The van der Waals surface area contributed by atoms with Crippen molar-refractivity contribution in [2.24, 2.45) is 0 Å². The first-order valence-electron chi connectivity index (χ1n) is 6.95. The van der Waals surface area contributed by atoms with E-state index >= 15 is 0 Å². The summed E-state index contributed by atoms with van der Waals surface area (Å²) in [5.41, 5.74) is 0.499. The summed E-state index contributed by atoms with van der Waals surface area (Å²) in [6, 6.07) is 9.52. The molecule has 0 aromatic heterocycles.